The number of alkyl halides is 2. The maximum Gasteiger partial charge on any atom is 0.151 e. The van der Waals surface area contributed by atoms with Crippen molar-refractivity contribution in [3.05, 3.63) is 10.1 Å². The van der Waals surface area contributed by atoms with E-state index in [4.69, 9.17) is 46.4 Å². The molecule has 0 aromatic rings. The van der Waals surface area contributed by atoms with Crippen LogP contribution in [0.3, 0.4) is 0 Å². The molecule has 0 nitrogen and oxygen atoms in total. The van der Waals surface area contributed by atoms with E-state index in [1.54, 1.807) is 13.8 Å². The van der Waals surface area contributed by atoms with Crippen LogP contribution < -0.4 is 0 Å². The van der Waals surface area contributed by atoms with Gasteiger partial charge in [0.15, 0.2) is 4.33 Å². The topological polar surface area (TPSA) is 0 Å². The Bertz CT molecular complexity index is 126. The summed E-state index contributed by atoms with van der Waals surface area (Å²) in [6, 6.07) is 0. The van der Waals surface area contributed by atoms with Gasteiger partial charge in [0.05, 0.1) is 5.03 Å². The second-order valence-corrected chi connectivity index (χ2v) is 4.39. The average molecular weight is 208 g/mol. The van der Waals surface area contributed by atoms with Crippen LogP contribution in [0.2, 0.25) is 0 Å². The molecular formula is C5H6Cl4. The van der Waals surface area contributed by atoms with Crippen molar-refractivity contribution in [2.75, 3.05) is 0 Å². The van der Waals surface area contributed by atoms with E-state index in [2.05, 4.69) is 0 Å². The summed E-state index contributed by atoms with van der Waals surface area (Å²) in [5.41, 5.74) is 0. The molecule has 0 fully saturated rings. The van der Waals surface area contributed by atoms with E-state index in [1.807, 2.05) is 0 Å². The highest BCUT2D eigenvalue weighted by molar-refractivity contribution is 6.57. The molecule has 0 aliphatic heterocycles. The first-order valence-electron chi connectivity index (χ1n) is 2.26. The largest absolute Gasteiger partial charge is 0.151 e. The SMILES string of the molecule is C/C(Cl)=C(\Cl)C(C)(Cl)Cl. The Morgan fingerprint density at radius 1 is 1.22 bits per heavy atom. The molecule has 0 aromatic heterocycles. The smallest absolute Gasteiger partial charge is 0.0956 e. The molecule has 0 atom stereocenters. The number of allylic oxidation sites excluding steroid dienone is 2. The first-order valence-corrected chi connectivity index (χ1v) is 3.77. The van der Waals surface area contributed by atoms with Crippen LogP contribution >= 0.6 is 46.4 Å². The summed E-state index contributed by atoms with van der Waals surface area (Å²) in [4.78, 5) is 0. The minimum absolute atomic E-state index is 0.271. The second kappa shape index (κ2) is 3.34. The average Bonchev–Trinajstić information content (AvgIpc) is 1.62. The molecule has 0 amide bonds. The van der Waals surface area contributed by atoms with Crippen LogP contribution in [0.25, 0.3) is 0 Å². The molecule has 0 radical (unpaired) electrons. The first kappa shape index (κ1) is 9.90. The standard InChI is InChI=1S/C5H6Cl4/c1-3(6)4(7)5(2,8)9/h1-2H3/b4-3+. The summed E-state index contributed by atoms with van der Waals surface area (Å²) >= 11 is 22.2. The third kappa shape index (κ3) is 3.57. The summed E-state index contributed by atoms with van der Waals surface area (Å²) in [5, 5.41) is 0.691. The maximum atomic E-state index is 5.58. The number of hydrogen-bond donors (Lipinski definition) is 0. The molecule has 9 heavy (non-hydrogen) atoms. The quantitative estimate of drug-likeness (QED) is 0.573. The normalized spacial score (nSPS) is 15.3. The maximum absolute atomic E-state index is 5.58. The van der Waals surface area contributed by atoms with Gasteiger partial charge in [0.25, 0.3) is 0 Å². The number of hydrogen-bond acceptors (Lipinski definition) is 0. The molecule has 0 aliphatic carbocycles. The molecule has 0 N–H and O–H groups in total. The fourth-order valence-corrected chi connectivity index (χ4v) is 0.872. The van der Waals surface area contributed by atoms with Crippen molar-refractivity contribution < 1.29 is 0 Å². The van der Waals surface area contributed by atoms with E-state index < -0.39 is 4.33 Å². The summed E-state index contributed by atoms with van der Waals surface area (Å²) in [6.45, 7) is 3.19. The molecule has 0 saturated carbocycles. The van der Waals surface area contributed by atoms with Gasteiger partial charge in [-0.05, 0) is 13.8 Å². The lowest BCUT2D eigenvalue weighted by atomic mass is 10.4. The van der Waals surface area contributed by atoms with Gasteiger partial charge in [-0.25, -0.2) is 0 Å². The van der Waals surface area contributed by atoms with E-state index in [-0.39, 0.29) is 5.03 Å². The Labute approximate surface area is 74.7 Å². The lowest BCUT2D eigenvalue weighted by Crippen LogP contribution is -2.06. The third-order valence-corrected chi connectivity index (χ3v) is 2.21. The summed E-state index contributed by atoms with van der Waals surface area (Å²) in [7, 11) is 0. The van der Waals surface area contributed by atoms with E-state index in [9.17, 15) is 0 Å². The monoisotopic (exact) mass is 206 g/mol. The van der Waals surface area contributed by atoms with Gasteiger partial charge in [0, 0.05) is 5.03 Å². The van der Waals surface area contributed by atoms with Gasteiger partial charge in [-0.3, -0.25) is 0 Å². The number of rotatable bonds is 1. The van der Waals surface area contributed by atoms with Crippen LogP contribution in [0.4, 0.5) is 0 Å². The van der Waals surface area contributed by atoms with Crippen molar-refractivity contribution in [1.29, 1.82) is 0 Å². The van der Waals surface area contributed by atoms with Crippen LogP contribution in [0.5, 0.6) is 0 Å². The Kier molecular flexibility index (Phi) is 3.67. The Morgan fingerprint density at radius 3 is 1.56 bits per heavy atom. The molecule has 0 unspecified atom stereocenters. The van der Waals surface area contributed by atoms with Gasteiger partial charge in [-0.1, -0.05) is 46.4 Å². The minimum atomic E-state index is -1.06. The molecule has 54 valence electrons. The van der Waals surface area contributed by atoms with E-state index in [0.717, 1.165) is 0 Å². The van der Waals surface area contributed by atoms with Gasteiger partial charge in [-0.2, -0.15) is 0 Å². The molecular weight excluding hydrogens is 202 g/mol. The zero-order valence-electron chi connectivity index (χ0n) is 5.01. The van der Waals surface area contributed by atoms with Crippen LogP contribution in [0.1, 0.15) is 13.8 Å². The molecule has 0 aliphatic rings. The van der Waals surface area contributed by atoms with Crippen molar-refractivity contribution in [3.8, 4) is 0 Å². The van der Waals surface area contributed by atoms with Gasteiger partial charge in [0.2, 0.25) is 0 Å². The highest BCUT2D eigenvalue weighted by Crippen LogP contribution is 2.35. The van der Waals surface area contributed by atoms with E-state index in [0.29, 0.717) is 5.03 Å². The van der Waals surface area contributed by atoms with E-state index in [1.165, 1.54) is 0 Å². The summed E-state index contributed by atoms with van der Waals surface area (Å²) in [6.07, 6.45) is 0. The minimum Gasteiger partial charge on any atom is -0.0956 e. The highest BCUT2D eigenvalue weighted by atomic mass is 35.5. The van der Waals surface area contributed by atoms with Crippen molar-refractivity contribution in [1.82, 2.24) is 0 Å². The van der Waals surface area contributed by atoms with Gasteiger partial charge >= 0.3 is 0 Å². The Balaban J connectivity index is 4.40. The predicted octanol–water partition coefficient (Wildman–Crippen LogP) is 3.89. The molecule has 0 rings (SSSR count). The molecule has 0 bridgehead atoms. The molecule has 0 saturated heterocycles. The fraction of sp³-hybridized carbons (Fsp3) is 0.600. The highest BCUT2D eigenvalue weighted by Gasteiger charge is 2.22. The fourth-order valence-electron chi connectivity index (χ4n) is 0.302. The van der Waals surface area contributed by atoms with Crippen molar-refractivity contribution in [2.24, 2.45) is 0 Å². The molecule has 0 aromatic carbocycles. The van der Waals surface area contributed by atoms with Crippen LogP contribution in [0, 0.1) is 0 Å². The van der Waals surface area contributed by atoms with Crippen LogP contribution in [-0.2, 0) is 0 Å². The second-order valence-electron chi connectivity index (χ2n) is 1.74. The van der Waals surface area contributed by atoms with Crippen LogP contribution in [-0.4, -0.2) is 4.33 Å². The molecule has 4 heteroatoms. The predicted molar refractivity (Wildman–Crippen MR) is 44.5 cm³/mol. The lowest BCUT2D eigenvalue weighted by molar-refractivity contribution is 1.08. The van der Waals surface area contributed by atoms with Crippen molar-refractivity contribution >= 4 is 46.4 Å². The van der Waals surface area contributed by atoms with Gasteiger partial charge in [0.1, 0.15) is 0 Å². The Morgan fingerprint density at radius 2 is 1.56 bits per heavy atom. The summed E-state index contributed by atoms with van der Waals surface area (Å²) in [5.74, 6) is 0. The van der Waals surface area contributed by atoms with Crippen LogP contribution in [0.15, 0.2) is 10.1 Å². The number of halogens is 4. The van der Waals surface area contributed by atoms with E-state index >= 15 is 0 Å². The molecule has 0 spiro atoms. The zero-order valence-corrected chi connectivity index (χ0v) is 8.04. The lowest BCUT2D eigenvalue weighted by Gasteiger charge is -2.11. The summed E-state index contributed by atoms with van der Waals surface area (Å²) < 4.78 is -1.06. The first-order chi connectivity index (χ1) is 3.85. The van der Waals surface area contributed by atoms with Crippen molar-refractivity contribution in [2.45, 2.75) is 18.2 Å². The third-order valence-electron chi connectivity index (χ3n) is 0.688. The van der Waals surface area contributed by atoms with Gasteiger partial charge in [-0.15, -0.1) is 0 Å². The molecule has 0 heterocycles. The zero-order chi connectivity index (χ0) is 7.65. The van der Waals surface area contributed by atoms with Gasteiger partial charge < -0.3 is 0 Å². The Hall–Kier alpha value is 0.900. The van der Waals surface area contributed by atoms with Crippen molar-refractivity contribution in [3.63, 3.8) is 0 Å².